The third kappa shape index (κ3) is 3.82. The summed E-state index contributed by atoms with van der Waals surface area (Å²) in [5.74, 6) is -0.00410. The maximum absolute atomic E-state index is 12.7. The fourth-order valence-electron chi connectivity index (χ4n) is 4.04. The summed E-state index contributed by atoms with van der Waals surface area (Å²) in [5.41, 5.74) is 4.13. The van der Waals surface area contributed by atoms with Crippen LogP contribution in [0.3, 0.4) is 0 Å². The van der Waals surface area contributed by atoms with E-state index in [0.717, 1.165) is 22.3 Å². The Balaban J connectivity index is 1.46. The van der Waals surface area contributed by atoms with Gasteiger partial charge in [-0.15, -0.1) is 10.2 Å². The largest absolute Gasteiger partial charge is 0.476 e. The van der Waals surface area contributed by atoms with Gasteiger partial charge in [-0.1, -0.05) is 48.5 Å². The number of aromatic nitrogens is 6. The van der Waals surface area contributed by atoms with Crippen molar-refractivity contribution in [3.05, 3.63) is 71.2 Å². The maximum atomic E-state index is 12.7. The van der Waals surface area contributed by atoms with E-state index in [0.29, 0.717) is 29.5 Å². The van der Waals surface area contributed by atoms with Gasteiger partial charge in [-0.05, 0) is 35.2 Å². The minimum Gasteiger partial charge on any atom is -0.476 e. The van der Waals surface area contributed by atoms with Gasteiger partial charge in [0.1, 0.15) is 11.6 Å². The van der Waals surface area contributed by atoms with Crippen molar-refractivity contribution in [2.45, 2.75) is 26.3 Å². The molecule has 0 unspecified atom stereocenters. The van der Waals surface area contributed by atoms with Crippen molar-refractivity contribution in [2.24, 2.45) is 0 Å². The van der Waals surface area contributed by atoms with Crippen LogP contribution in [-0.4, -0.2) is 47.6 Å². The number of amides is 1. The molecule has 2 aromatic carbocycles. The van der Waals surface area contributed by atoms with Crippen molar-refractivity contribution in [3.63, 3.8) is 0 Å². The van der Waals surface area contributed by atoms with Crippen molar-refractivity contribution in [1.29, 1.82) is 0 Å². The average Bonchev–Trinajstić information content (AvgIpc) is 3.36. The zero-order valence-electron chi connectivity index (χ0n) is 17.7. The molecule has 0 bridgehead atoms. The first kappa shape index (κ1) is 20.4. The summed E-state index contributed by atoms with van der Waals surface area (Å²) in [4.78, 5) is 34.4. The summed E-state index contributed by atoms with van der Waals surface area (Å²) >= 11 is 0. The van der Waals surface area contributed by atoms with Crippen LogP contribution in [0.4, 0.5) is 5.82 Å². The highest BCUT2D eigenvalue weighted by atomic mass is 16.4. The van der Waals surface area contributed by atoms with Gasteiger partial charge in [-0.25, -0.2) is 14.8 Å². The van der Waals surface area contributed by atoms with E-state index in [1.807, 2.05) is 48.5 Å². The number of carbonyl (C=O) groups is 2. The van der Waals surface area contributed by atoms with Crippen LogP contribution in [0.15, 0.2) is 48.5 Å². The summed E-state index contributed by atoms with van der Waals surface area (Å²) in [6, 6.07) is 15.6. The predicted octanol–water partition coefficient (Wildman–Crippen LogP) is 2.81. The van der Waals surface area contributed by atoms with E-state index in [2.05, 4.69) is 30.6 Å². The van der Waals surface area contributed by atoms with Crippen LogP contribution in [0.5, 0.6) is 0 Å². The number of H-pyrrole nitrogens is 1. The monoisotopic (exact) mass is 441 g/mol. The third-order valence-corrected chi connectivity index (χ3v) is 5.56. The quantitative estimate of drug-likeness (QED) is 0.482. The molecule has 2 aromatic heterocycles. The van der Waals surface area contributed by atoms with Crippen molar-refractivity contribution in [2.75, 3.05) is 4.90 Å². The molecular weight excluding hydrogens is 422 g/mol. The second-order valence-electron chi connectivity index (χ2n) is 7.68. The highest BCUT2D eigenvalue weighted by molar-refractivity contribution is 5.98. The first-order valence-electron chi connectivity index (χ1n) is 10.3. The molecule has 33 heavy (non-hydrogen) atoms. The van der Waals surface area contributed by atoms with Gasteiger partial charge in [0.15, 0.2) is 5.69 Å². The molecular formula is C23H19N7O3. The van der Waals surface area contributed by atoms with Crippen molar-refractivity contribution in [3.8, 4) is 22.5 Å². The van der Waals surface area contributed by atoms with Crippen LogP contribution in [0.2, 0.25) is 0 Å². The van der Waals surface area contributed by atoms with Gasteiger partial charge >= 0.3 is 5.97 Å². The third-order valence-electron chi connectivity index (χ3n) is 5.56. The zero-order chi connectivity index (χ0) is 22.9. The van der Waals surface area contributed by atoms with E-state index in [1.165, 1.54) is 0 Å². The van der Waals surface area contributed by atoms with Crippen molar-refractivity contribution >= 4 is 17.7 Å². The molecule has 0 radical (unpaired) electrons. The molecule has 0 atom stereocenters. The van der Waals surface area contributed by atoms with Gasteiger partial charge in [0.25, 0.3) is 0 Å². The van der Waals surface area contributed by atoms with Crippen LogP contribution < -0.4 is 4.90 Å². The molecule has 5 rings (SSSR count). The highest BCUT2D eigenvalue weighted by Gasteiger charge is 2.30. The van der Waals surface area contributed by atoms with E-state index in [1.54, 1.807) is 11.8 Å². The number of aryl methyl sites for hydroxylation is 1. The molecule has 0 saturated carbocycles. The number of carbonyl (C=O) groups excluding carboxylic acids is 1. The Labute approximate surface area is 188 Å². The summed E-state index contributed by atoms with van der Waals surface area (Å²) in [7, 11) is 0. The van der Waals surface area contributed by atoms with E-state index < -0.39 is 5.97 Å². The van der Waals surface area contributed by atoms with Gasteiger partial charge in [0, 0.05) is 17.5 Å². The molecule has 10 nitrogen and oxygen atoms in total. The first-order valence-corrected chi connectivity index (χ1v) is 10.3. The zero-order valence-corrected chi connectivity index (χ0v) is 17.7. The molecule has 10 heteroatoms. The second-order valence-corrected chi connectivity index (χ2v) is 7.68. The minimum atomic E-state index is -1.12. The Morgan fingerprint density at radius 2 is 1.82 bits per heavy atom. The lowest BCUT2D eigenvalue weighted by Gasteiger charge is -2.29. The Kier molecular flexibility index (Phi) is 5.09. The fraction of sp³-hybridized carbons (Fsp3) is 0.174. The lowest BCUT2D eigenvalue weighted by molar-refractivity contribution is -0.119. The Bertz CT molecular complexity index is 1350. The van der Waals surface area contributed by atoms with Crippen LogP contribution in [0.1, 0.15) is 33.9 Å². The molecule has 0 aliphatic carbocycles. The number of rotatable bonds is 5. The number of carboxylic acid groups (broad SMARTS) is 1. The van der Waals surface area contributed by atoms with Crippen LogP contribution in [-0.2, 0) is 17.8 Å². The summed E-state index contributed by atoms with van der Waals surface area (Å²) in [6.07, 6.45) is 0.536. The Hall–Kier alpha value is -4.47. The number of carboxylic acids is 1. The van der Waals surface area contributed by atoms with E-state index in [-0.39, 0.29) is 24.6 Å². The first-order chi connectivity index (χ1) is 16.0. The van der Waals surface area contributed by atoms with Gasteiger partial charge < -0.3 is 5.11 Å². The molecule has 2 N–H and O–H groups in total. The molecule has 0 fully saturated rings. The number of aromatic carboxylic acids is 1. The van der Waals surface area contributed by atoms with Gasteiger partial charge in [0.2, 0.25) is 11.7 Å². The Morgan fingerprint density at radius 3 is 2.52 bits per heavy atom. The number of benzene rings is 2. The van der Waals surface area contributed by atoms with E-state index >= 15 is 0 Å². The standard InChI is InChI=1S/C23H19N7O3/c1-13-24-20(23(32)33)18-10-11-19(31)30(22(18)25-13)12-14-6-8-15(9-7-14)16-4-2-3-5-17(16)21-26-28-29-27-21/h2-9H,10-12H2,1H3,(H,32,33)(H,26,27,28,29). The van der Waals surface area contributed by atoms with Gasteiger partial charge in [0.05, 0.1) is 6.54 Å². The molecule has 3 heterocycles. The minimum absolute atomic E-state index is 0.0385. The van der Waals surface area contributed by atoms with Crippen LogP contribution >= 0.6 is 0 Å². The van der Waals surface area contributed by atoms with Gasteiger partial charge in [-0.2, -0.15) is 5.21 Å². The van der Waals surface area contributed by atoms with E-state index in [9.17, 15) is 14.7 Å². The summed E-state index contributed by atoms with van der Waals surface area (Å²) in [5, 5.41) is 23.8. The maximum Gasteiger partial charge on any atom is 0.354 e. The average molecular weight is 441 g/mol. The van der Waals surface area contributed by atoms with Crippen LogP contribution in [0, 0.1) is 6.92 Å². The number of tetrazole rings is 1. The second kappa shape index (κ2) is 8.23. The molecule has 1 aliphatic rings. The smallest absolute Gasteiger partial charge is 0.354 e. The topological polar surface area (TPSA) is 138 Å². The van der Waals surface area contributed by atoms with Crippen molar-refractivity contribution < 1.29 is 14.7 Å². The van der Waals surface area contributed by atoms with Crippen LogP contribution in [0.25, 0.3) is 22.5 Å². The fourth-order valence-corrected chi connectivity index (χ4v) is 4.04. The lowest BCUT2D eigenvalue weighted by atomic mass is 9.97. The summed E-state index contributed by atoms with van der Waals surface area (Å²) in [6.45, 7) is 1.91. The number of nitrogens with zero attached hydrogens (tertiary/aromatic N) is 6. The number of nitrogens with one attached hydrogen (secondary N) is 1. The molecule has 0 saturated heterocycles. The highest BCUT2D eigenvalue weighted by Crippen LogP contribution is 2.32. The normalized spacial score (nSPS) is 13.1. The number of fused-ring (bicyclic) bond motifs is 1. The number of hydrogen-bond donors (Lipinski definition) is 2. The molecule has 0 spiro atoms. The van der Waals surface area contributed by atoms with E-state index in [4.69, 9.17) is 0 Å². The molecule has 1 aliphatic heterocycles. The van der Waals surface area contributed by atoms with Gasteiger partial charge in [-0.3, -0.25) is 9.69 Å². The lowest BCUT2D eigenvalue weighted by Crippen LogP contribution is -2.36. The molecule has 4 aromatic rings. The summed E-state index contributed by atoms with van der Waals surface area (Å²) < 4.78 is 0. The predicted molar refractivity (Wildman–Crippen MR) is 118 cm³/mol. The number of hydrogen-bond acceptors (Lipinski definition) is 7. The molecule has 1 amide bonds. The van der Waals surface area contributed by atoms with Crippen molar-refractivity contribution in [1.82, 2.24) is 30.6 Å². The number of aromatic amines is 1. The number of anilines is 1. The molecule has 164 valence electrons. The SMILES string of the molecule is Cc1nc(C(=O)O)c2c(n1)N(Cc1ccc(-c3ccccc3-c3nn[nH]n3)cc1)C(=O)CC2. The Morgan fingerprint density at radius 1 is 1.06 bits per heavy atom.